The van der Waals surface area contributed by atoms with Crippen molar-refractivity contribution in [1.29, 1.82) is 0 Å². The summed E-state index contributed by atoms with van der Waals surface area (Å²) >= 11 is 0. The largest absolute Gasteiger partial charge is 0.453 e. The number of alkyl halides is 3. The molecule has 188 valence electrons. The summed E-state index contributed by atoms with van der Waals surface area (Å²) in [7, 11) is 0. The monoisotopic (exact) mass is 491 g/mol. The molecule has 2 aromatic rings. The number of carbonyl (C=O) groups excluding carboxylic acids is 1. The quantitative estimate of drug-likeness (QED) is 0.654. The van der Waals surface area contributed by atoms with E-state index in [1.54, 1.807) is 0 Å². The number of aryl methyl sites for hydroxylation is 1. The minimum Gasteiger partial charge on any atom is -0.361 e. The maximum atomic E-state index is 12.9. The molecule has 5 fully saturated rings. The predicted octanol–water partition coefficient (Wildman–Crippen LogP) is 3.05. The van der Waals surface area contributed by atoms with Crippen LogP contribution in [-0.4, -0.2) is 79.9 Å². The number of aromatic nitrogens is 4. The topological polar surface area (TPSA) is 83.5 Å². The van der Waals surface area contributed by atoms with Gasteiger partial charge in [-0.05, 0) is 32.6 Å². The van der Waals surface area contributed by atoms with Gasteiger partial charge in [0.05, 0.1) is 11.7 Å². The first-order valence-electron chi connectivity index (χ1n) is 12.3. The highest BCUT2D eigenvalue weighted by Gasteiger charge is 2.58. The second-order valence-corrected chi connectivity index (χ2v) is 11.6. The van der Waals surface area contributed by atoms with E-state index >= 15 is 0 Å². The molecule has 0 atom stereocenters. The number of urea groups is 1. The highest BCUT2D eigenvalue weighted by atomic mass is 19.4. The van der Waals surface area contributed by atoms with E-state index < -0.39 is 12.0 Å². The number of likely N-dealkylation sites (tertiary alicyclic amines) is 3. The van der Waals surface area contributed by atoms with Crippen LogP contribution in [0.3, 0.4) is 0 Å². The fourth-order valence-electron chi connectivity index (χ4n) is 6.68. The Bertz CT molecular complexity index is 1160. The average molecular weight is 492 g/mol. The molecule has 0 aromatic carbocycles. The molecule has 2 spiro atoms. The van der Waals surface area contributed by atoms with Crippen LogP contribution in [0.25, 0.3) is 0 Å². The molecule has 7 rings (SSSR count). The molecule has 12 heteroatoms. The Balaban J connectivity index is 0.862. The SMILES string of the molecule is Cc1onc(C2CC2)c1CN1CC2(C1)CN(C(=O)N1CC3(CC(n4cnc(C(F)(F)F)n4)C3)C1)C2. The Morgan fingerprint density at radius 2 is 1.74 bits per heavy atom. The number of rotatable bonds is 4. The van der Waals surface area contributed by atoms with E-state index in [1.807, 2.05) is 16.7 Å². The van der Waals surface area contributed by atoms with Crippen LogP contribution in [-0.2, 0) is 12.7 Å². The first kappa shape index (κ1) is 21.6. The lowest BCUT2D eigenvalue weighted by molar-refractivity contribution is -0.145. The van der Waals surface area contributed by atoms with E-state index in [9.17, 15) is 18.0 Å². The van der Waals surface area contributed by atoms with Gasteiger partial charge in [0.25, 0.3) is 5.82 Å². The molecule has 5 heterocycles. The first-order chi connectivity index (χ1) is 16.6. The van der Waals surface area contributed by atoms with Crippen molar-refractivity contribution < 1.29 is 22.5 Å². The second kappa shape index (κ2) is 6.98. The van der Waals surface area contributed by atoms with Gasteiger partial charge in [0, 0.05) is 68.1 Å². The van der Waals surface area contributed by atoms with Crippen LogP contribution in [0.15, 0.2) is 10.9 Å². The van der Waals surface area contributed by atoms with Gasteiger partial charge in [-0.3, -0.25) is 4.90 Å². The van der Waals surface area contributed by atoms with Crippen LogP contribution in [0, 0.1) is 17.8 Å². The molecule has 0 radical (unpaired) electrons. The molecule has 0 unspecified atom stereocenters. The second-order valence-electron chi connectivity index (χ2n) is 11.6. The van der Waals surface area contributed by atoms with Crippen molar-refractivity contribution in [2.75, 3.05) is 39.3 Å². The summed E-state index contributed by atoms with van der Waals surface area (Å²) in [5, 5.41) is 7.87. The summed E-state index contributed by atoms with van der Waals surface area (Å²) in [6, 6.07) is 0.0211. The third kappa shape index (κ3) is 3.47. The van der Waals surface area contributed by atoms with Crippen molar-refractivity contribution in [2.45, 2.75) is 57.3 Å². The van der Waals surface area contributed by atoms with Crippen LogP contribution in [0.1, 0.15) is 60.5 Å². The van der Waals surface area contributed by atoms with Gasteiger partial charge in [0.2, 0.25) is 0 Å². The lowest BCUT2D eigenvalue weighted by Gasteiger charge is -2.63. The lowest BCUT2D eigenvalue weighted by atomic mass is 9.60. The fraction of sp³-hybridized carbons (Fsp3) is 0.739. The third-order valence-electron chi connectivity index (χ3n) is 8.60. The first-order valence-corrected chi connectivity index (χ1v) is 12.3. The van der Waals surface area contributed by atoms with E-state index in [-0.39, 0.29) is 22.9 Å². The van der Waals surface area contributed by atoms with Gasteiger partial charge in [-0.15, -0.1) is 5.10 Å². The summed E-state index contributed by atoms with van der Waals surface area (Å²) in [4.78, 5) is 22.5. The Morgan fingerprint density at radius 1 is 1.09 bits per heavy atom. The molecule has 0 N–H and O–H groups in total. The summed E-state index contributed by atoms with van der Waals surface area (Å²) in [5.41, 5.74) is 2.63. The number of carbonyl (C=O) groups is 1. The van der Waals surface area contributed by atoms with Crippen molar-refractivity contribution in [3.63, 3.8) is 0 Å². The zero-order chi connectivity index (χ0) is 24.2. The van der Waals surface area contributed by atoms with Gasteiger partial charge in [0.1, 0.15) is 12.1 Å². The highest BCUT2D eigenvalue weighted by molar-refractivity contribution is 5.77. The van der Waals surface area contributed by atoms with Gasteiger partial charge >= 0.3 is 12.2 Å². The van der Waals surface area contributed by atoms with E-state index in [0.717, 1.165) is 57.0 Å². The van der Waals surface area contributed by atoms with Crippen LogP contribution in [0.2, 0.25) is 0 Å². The third-order valence-corrected chi connectivity index (χ3v) is 8.60. The minimum absolute atomic E-state index is 0.0241. The van der Waals surface area contributed by atoms with Crippen LogP contribution < -0.4 is 0 Å². The minimum atomic E-state index is -4.52. The zero-order valence-electron chi connectivity index (χ0n) is 19.6. The number of nitrogens with zero attached hydrogens (tertiary/aromatic N) is 7. The Kier molecular flexibility index (Phi) is 4.32. The molecule has 0 bridgehead atoms. The average Bonchev–Trinajstić information content (AvgIpc) is 3.27. The van der Waals surface area contributed by atoms with Crippen LogP contribution >= 0.6 is 0 Å². The van der Waals surface area contributed by atoms with Crippen LogP contribution in [0.5, 0.6) is 0 Å². The summed E-state index contributed by atoms with van der Waals surface area (Å²) in [6.45, 7) is 7.80. The number of halogens is 3. The van der Waals surface area contributed by atoms with Gasteiger partial charge in [-0.2, -0.15) is 13.2 Å². The molecule has 2 aliphatic carbocycles. The normalized spacial score (nSPS) is 25.4. The van der Waals surface area contributed by atoms with E-state index in [1.165, 1.54) is 29.4 Å². The van der Waals surface area contributed by atoms with Gasteiger partial charge in [-0.25, -0.2) is 14.5 Å². The molecule has 2 saturated carbocycles. The molecule has 3 saturated heterocycles. The van der Waals surface area contributed by atoms with Gasteiger partial charge in [0.15, 0.2) is 0 Å². The lowest BCUT2D eigenvalue weighted by Crippen LogP contribution is -2.75. The maximum absolute atomic E-state index is 12.9. The van der Waals surface area contributed by atoms with Crippen molar-refractivity contribution >= 4 is 6.03 Å². The molecular weight excluding hydrogens is 463 g/mol. The molecule has 9 nitrogen and oxygen atoms in total. The summed E-state index contributed by atoms with van der Waals surface area (Å²) in [6.07, 6.45) is 0.534. The maximum Gasteiger partial charge on any atom is 0.453 e. The van der Waals surface area contributed by atoms with Gasteiger partial charge in [-0.1, -0.05) is 5.16 Å². The zero-order valence-corrected chi connectivity index (χ0v) is 19.6. The Labute approximate surface area is 200 Å². The number of amides is 2. The molecule has 35 heavy (non-hydrogen) atoms. The Morgan fingerprint density at radius 3 is 2.34 bits per heavy atom. The summed E-state index contributed by atoms with van der Waals surface area (Å²) in [5.74, 6) is 0.409. The number of hydrogen-bond donors (Lipinski definition) is 0. The van der Waals surface area contributed by atoms with Crippen molar-refractivity contribution in [2.24, 2.45) is 10.8 Å². The van der Waals surface area contributed by atoms with E-state index in [4.69, 9.17) is 4.52 Å². The van der Waals surface area contributed by atoms with Crippen molar-refractivity contribution in [3.8, 4) is 0 Å². The molecule has 2 aromatic heterocycles. The smallest absolute Gasteiger partial charge is 0.361 e. The molecule has 5 aliphatic rings. The van der Waals surface area contributed by atoms with Crippen molar-refractivity contribution in [3.05, 3.63) is 29.2 Å². The Hall–Kier alpha value is -2.63. The predicted molar refractivity (Wildman–Crippen MR) is 115 cm³/mol. The fourth-order valence-corrected chi connectivity index (χ4v) is 6.68. The van der Waals surface area contributed by atoms with Crippen LogP contribution in [0.4, 0.5) is 18.0 Å². The van der Waals surface area contributed by atoms with E-state index in [2.05, 4.69) is 20.1 Å². The molecular formula is C23H28F3N7O2. The highest BCUT2D eigenvalue weighted by Crippen LogP contribution is 2.54. The van der Waals surface area contributed by atoms with E-state index in [0.29, 0.717) is 19.0 Å². The molecule has 3 aliphatic heterocycles. The van der Waals surface area contributed by atoms with Crippen molar-refractivity contribution in [1.82, 2.24) is 34.6 Å². The van der Waals surface area contributed by atoms with Gasteiger partial charge < -0.3 is 14.3 Å². The molecule has 2 amide bonds. The number of hydrogen-bond acceptors (Lipinski definition) is 6. The standard InChI is InChI=1S/C23H28F3N7O2/c1-14-17(18(29-35-14)15-2-3-15)6-30-7-22(8-30)11-32(12-22)20(34)31-9-21(10-31)4-16(5-21)33-13-27-19(28-33)23(24,25)26/h13,15-16H,2-12H2,1H3. The summed E-state index contributed by atoms with van der Waals surface area (Å²) < 4.78 is 45.0.